The maximum atomic E-state index is 11.0. The Hall–Kier alpha value is -0.940. The van der Waals surface area contributed by atoms with Gasteiger partial charge in [-0.05, 0) is 12.1 Å². The minimum absolute atomic E-state index is 0.0810. The molecule has 0 spiro atoms. The predicted octanol–water partition coefficient (Wildman–Crippen LogP) is 1.20. The van der Waals surface area contributed by atoms with E-state index >= 15 is 0 Å². The summed E-state index contributed by atoms with van der Waals surface area (Å²) < 4.78 is 26.8. The molecular weight excluding hydrogens is 214 g/mol. The zero-order chi connectivity index (χ0) is 10.1. The normalized spacial score (nSPS) is 11.2. The maximum Gasteiger partial charge on any atom is 0.265 e. The van der Waals surface area contributed by atoms with Gasteiger partial charge in [0.05, 0.1) is 12.8 Å². The van der Waals surface area contributed by atoms with Crippen molar-refractivity contribution in [3.05, 3.63) is 18.2 Å². The molecule has 0 aromatic heterocycles. The molecule has 0 bridgehead atoms. The highest BCUT2D eigenvalue weighted by molar-refractivity contribution is 8.13. The molecule has 0 saturated carbocycles. The summed E-state index contributed by atoms with van der Waals surface area (Å²) in [6, 6.07) is 4.36. The standard InChI is InChI=1S/C7H8ClNO3S/c1-12-7-5(9)3-2-4-6(7)13(8,10)11/h2-4H,9H2,1H3. The first-order valence-electron chi connectivity index (χ1n) is 3.34. The van der Waals surface area contributed by atoms with Crippen LogP contribution < -0.4 is 10.5 Å². The van der Waals surface area contributed by atoms with Gasteiger partial charge in [0, 0.05) is 10.7 Å². The molecule has 1 aromatic carbocycles. The SMILES string of the molecule is COc1c(N)cccc1S(=O)(=O)Cl. The van der Waals surface area contributed by atoms with E-state index in [9.17, 15) is 8.42 Å². The van der Waals surface area contributed by atoms with E-state index in [1.54, 1.807) is 0 Å². The fraction of sp³-hybridized carbons (Fsp3) is 0.143. The van der Waals surface area contributed by atoms with E-state index in [2.05, 4.69) is 0 Å². The first kappa shape index (κ1) is 10.1. The molecule has 0 atom stereocenters. The molecule has 0 saturated heterocycles. The van der Waals surface area contributed by atoms with Crippen molar-refractivity contribution in [1.29, 1.82) is 0 Å². The average Bonchev–Trinajstić information content (AvgIpc) is 2.02. The molecule has 0 radical (unpaired) electrons. The van der Waals surface area contributed by atoms with Crippen LogP contribution in [-0.2, 0) is 9.05 Å². The Kier molecular flexibility index (Phi) is 2.68. The number of halogens is 1. The van der Waals surface area contributed by atoms with Crippen molar-refractivity contribution in [2.75, 3.05) is 12.8 Å². The number of hydrogen-bond donors (Lipinski definition) is 1. The van der Waals surface area contributed by atoms with Crippen molar-refractivity contribution in [3.8, 4) is 5.75 Å². The van der Waals surface area contributed by atoms with Gasteiger partial charge in [0.25, 0.3) is 9.05 Å². The highest BCUT2D eigenvalue weighted by Gasteiger charge is 2.17. The number of benzene rings is 1. The molecule has 72 valence electrons. The second-order valence-corrected chi connectivity index (χ2v) is 4.85. The lowest BCUT2D eigenvalue weighted by molar-refractivity contribution is 0.405. The first-order chi connectivity index (χ1) is 5.96. The van der Waals surface area contributed by atoms with Crippen molar-refractivity contribution >= 4 is 25.4 Å². The number of ether oxygens (including phenoxy) is 1. The van der Waals surface area contributed by atoms with Crippen LogP contribution in [0.25, 0.3) is 0 Å². The van der Waals surface area contributed by atoms with Crippen molar-refractivity contribution < 1.29 is 13.2 Å². The Balaban J connectivity index is 3.47. The molecule has 13 heavy (non-hydrogen) atoms. The third-order valence-electron chi connectivity index (χ3n) is 1.48. The summed E-state index contributed by atoms with van der Waals surface area (Å²) in [5.74, 6) is 0.0810. The van der Waals surface area contributed by atoms with Crippen LogP contribution in [0.15, 0.2) is 23.1 Å². The minimum Gasteiger partial charge on any atom is -0.493 e. The molecule has 0 aliphatic carbocycles. The van der Waals surface area contributed by atoms with Crippen molar-refractivity contribution in [2.24, 2.45) is 0 Å². The van der Waals surface area contributed by atoms with E-state index < -0.39 is 9.05 Å². The maximum absolute atomic E-state index is 11.0. The van der Waals surface area contributed by atoms with Gasteiger partial charge in [-0.15, -0.1) is 0 Å². The van der Waals surface area contributed by atoms with Crippen LogP contribution in [0.1, 0.15) is 0 Å². The van der Waals surface area contributed by atoms with Crippen LogP contribution in [0, 0.1) is 0 Å². The molecule has 0 heterocycles. The zero-order valence-electron chi connectivity index (χ0n) is 6.82. The zero-order valence-corrected chi connectivity index (χ0v) is 8.39. The van der Waals surface area contributed by atoms with Gasteiger partial charge in [-0.1, -0.05) is 6.07 Å². The van der Waals surface area contributed by atoms with Crippen molar-refractivity contribution in [3.63, 3.8) is 0 Å². The predicted molar refractivity (Wildman–Crippen MR) is 50.4 cm³/mol. The lowest BCUT2D eigenvalue weighted by Crippen LogP contribution is -1.99. The topological polar surface area (TPSA) is 69.4 Å². The summed E-state index contributed by atoms with van der Waals surface area (Å²) in [4.78, 5) is -0.114. The summed E-state index contributed by atoms with van der Waals surface area (Å²) >= 11 is 0. The summed E-state index contributed by atoms with van der Waals surface area (Å²) in [6.45, 7) is 0. The van der Waals surface area contributed by atoms with Gasteiger partial charge in [-0.2, -0.15) is 0 Å². The number of nitrogens with two attached hydrogens (primary N) is 1. The fourth-order valence-electron chi connectivity index (χ4n) is 0.943. The molecule has 6 heteroatoms. The number of hydrogen-bond acceptors (Lipinski definition) is 4. The van der Waals surface area contributed by atoms with E-state index in [0.717, 1.165) is 0 Å². The number of para-hydroxylation sites is 1. The van der Waals surface area contributed by atoms with E-state index in [1.807, 2.05) is 0 Å². The van der Waals surface area contributed by atoms with Crippen LogP contribution in [0.4, 0.5) is 5.69 Å². The highest BCUT2D eigenvalue weighted by atomic mass is 35.7. The molecule has 2 N–H and O–H groups in total. The quantitative estimate of drug-likeness (QED) is 0.602. The molecule has 0 aliphatic heterocycles. The second-order valence-electron chi connectivity index (χ2n) is 2.32. The van der Waals surface area contributed by atoms with E-state index in [-0.39, 0.29) is 16.3 Å². The largest absolute Gasteiger partial charge is 0.493 e. The molecule has 4 nitrogen and oxygen atoms in total. The van der Waals surface area contributed by atoms with Gasteiger partial charge in [0.2, 0.25) is 0 Å². The Labute approximate surface area is 80.7 Å². The van der Waals surface area contributed by atoms with Gasteiger partial charge in [0.15, 0.2) is 5.75 Å². The number of anilines is 1. The van der Waals surface area contributed by atoms with Gasteiger partial charge in [-0.25, -0.2) is 8.42 Å². The Morgan fingerprint density at radius 3 is 2.46 bits per heavy atom. The molecule has 0 amide bonds. The fourth-order valence-corrected chi connectivity index (χ4v) is 1.97. The number of nitrogen functional groups attached to an aromatic ring is 1. The van der Waals surface area contributed by atoms with E-state index in [0.29, 0.717) is 0 Å². The van der Waals surface area contributed by atoms with Crippen LogP contribution in [0.3, 0.4) is 0 Å². The average molecular weight is 222 g/mol. The summed E-state index contributed by atoms with van der Waals surface area (Å²) in [5, 5.41) is 0. The Bertz CT molecular complexity index is 416. The monoisotopic (exact) mass is 221 g/mol. The second kappa shape index (κ2) is 3.43. The lowest BCUT2D eigenvalue weighted by Gasteiger charge is -2.07. The van der Waals surface area contributed by atoms with E-state index in [4.69, 9.17) is 21.2 Å². The van der Waals surface area contributed by atoms with Crippen LogP contribution in [-0.4, -0.2) is 15.5 Å². The third kappa shape index (κ3) is 2.05. The summed E-state index contributed by atoms with van der Waals surface area (Å²) in [6.07, 6.45) is 0. The third-order valence-corrected chi connectivity index (χ3v) is 2.82. The Morgan fingerprint density at radius 1 is 1.46 bits per heavy atom. The molecule has 1 aromatic rings. The van der Waals surface area contributed by atoms with Crippen LogP contribution in [0.5, 0.6) is 5.75 Å². The van der Waals surface area contributed by atoms with Crippen LogP contribution >= 0.6 is 10.7 Å². The molecule has 1 rings (SSSR count). The van der Waals surface area contributed by atoms with E-state index in [1.165, 1.54) is 25.3 Å². The molecule has 0 fully saturated rings. The highest BCUT2D eigenvalue weighted by Crippen LogP contribution is 2.31. The smallest absolute Gasteiger partial charge is 0.265 e. The summed E-state index contributed by atoms with van der Waals surface area (Å²) in [7, 11) is 2.68. The molecule has 0 aliphatic rings. The number of methoxy groups -OCH3 is 1. The van der Waals surface area contributed by atoms with Gasteiger partial charge in [0.1, 0.15) is 4.90 Å². The number of rotatable bonds is 2. The molecular formula is C7H8ClNO3S. The van der Waals surface area contributed by atoms with Crippen LogP contribution in [0.2, 0.25) is 0 Å². The first-order valence-corrected chi connectivity index (χ1v) is 5.65. The van der Waals surface area contributed by atoms with Crippen molar-refractivity contribution in [1.82, 2.24) is 0 Å². The Morgan fingerprint density at radius 2 is 2.08 bits per heavy atom. The van der Waals surface area contributed by atoms with Gasteiger partial charge < -0.3 is 10.5 Å². The van der Waals surface area contributed by atoms with Gasteiger partial charge in [-0.3, -0.25) is 0 Å². The van der Waals surface area contributed by atoms with Crippen molar-refractivity contribution in [2.45, 2.75) is 4.90 Å². The van der Waals surface area contributed by atoms with Gasteiger partial charge >= 0.3 is 0 Å². The molecule has 0 unspecified atom stereocenters. The minimum atomic E-state index is -3.80. The lowest BCUT2D eigenvalue weighted by atomic mass is 10.3. The summed E-state index contributed by atoms with van der Waals surface area (Å²) in [5.41, 5.74) is 5.72.